The number of carbonyl (C=O) groups is 6. The van der Waals surface area contributed by atoms with E-state index in [0.29, 0.717) is 31.2 Å². The quantitative estimate of drug-likeness (QED) is 0.0356. The van der Waals surface area contributed by atoms with Crippen LogP contribution in [0.15, 0.2) is 61.2 Å². The zero-order chi connectivity index (χ0) is 46.5. The Kier molecular flexibility index (Phi) is 14.8. The summed E-state index contributed by atoms with van der Waals surface area (Å²) in [6.45, 7) is 12.0. The summed E-state index contributed by atoms with van der Waals surface area (Å²) >= 11 is 1.54. The molecule has 18 heteroatoms. The maximum absolute atomic E-state index is 14.5. The van der Waals surface area contributed by atoms with Gasteiger partial charge in [-0.15, -0.1) is 17.9 Å². The van der Waals surface area contributed by atoms with Crippen molar-refractivity contribution in [1.82, 2.24) is 9.88 Å². The second-order valence-corrected chi connectivity index (χ2v) is 18.6. The lowest BCUT2D eigenvalue weighted by atomic mass is 9.71. The molecule has 1 aromatic heterocycles. The van der Waals surface area contributed by atoms with Crippen molar-refractivity contribution < 1.29 is 62.5 Å². The Morgan fingerprint density at radius 3 is 2.55 bits per heavy atom. The van der Waals surface area contributed by atoms with E-state index in [4.69, 9.17) is 23.7 Å². The number of hydrogen-bond acceptors (Lipinski definition) is 16. The van der Waals surface area contributed by atoms with Gasteiger partial charge in [0.2, 0.25) is 5.75 Å². The standard InChI is InChI=1S/C46H53N3O14S/c1-7-10-30-42(54)26(2)11-8-19-46(6)37(63-46)23-34(29-14-16-35-31(22-29)47-27(3)64-35)61-41(53)24-36(45(4,5)43(30)55)62-44(56)59-25-28-13-15-33(32(21-28)49(57)58)60-40(52)12-9-20-48-38(50)17-18-39(48)51/h7,13-18,21-22,26,30,34,36-37,42,54H,1,8-12,19-20,23-25H2,2-6H3/t26-,30+,34-,36-,37+,42-,46-/m0/s1. The highest BCUT2D eigenvalue weighted by Gasteiger charge is 2.53. The van der Waals surface area contributed by atoms with E-state index in [-0.39, 0.29) is 49.1 Å². The normalized spacial score (nSPS) is 26.2. The van der Waals surface area contributed by atoms with Crippen molar-refractivity contribution in [2.75, 3.05) is 6.54 Å². The van der Waals surface area contributed by atoms with Gasteiger partial charge in [-0.05, 0) is 88.6 Å². The lowest BCUT2D eigenvalue weighted by molar-refractivity contribution is -0.385. The van der Waals surface area contributed by atoms with Crippen LogP contribution in [0.1, 0.15) is 101 Å². The number of amides is 2. The molecule has 342 valence electrons. The number of nitrogens with zero attached hydrogens (tertiary/aromatic N) is 3. The van der Waals surface area contributed by atoms with Crippen molar-refractivity contribution in [1.29, 1.82) is 0 Å². The minimum Gasteiger partial charge on any atom is -0.457 e. The molecular weight excluding hydrogens is 851 g/mol. The number of ether oxygens (including phenoxy) is 5. The molecule has 7 atom stereocenters. The molecule has 2 fully saturated rings. The summed E-state index contributed by atoms with van der Waals surface area (Å²) in [5.41, 5.74) is -1.12. The van der Waals surface area contributed by atoms with Crippen molar-refractivity contribution in [3.8, 4) is 5.75 Å². The number of imide groups is 1. The van der Waals surface area contributed by atoms with Crippen LogP contribution in [-0.4, -0.2) is 86.1 Å². The molecule has 2 amide bonds. The first-order valence-corrected chi connectivity index (χ1v) is 22.0. The highest BCUT2D eigenvalue weighted by atomic mass is 32.1. The van der Waals surface area contributed by atoms with Gasteiger partial charge in [0.15, 0.2) is 0 Å². The van der Waals surface area contributed by atoms with E-state index in [9.17, 15) is 44.0 Å². The first kappa shape index (κ1) is 47.6. The average molecular weight is 904 g/mol. The Morgan fingerprint density at radius 1 is 1.11 bits per heavy atom. The molecule has 6 rings (SSSR count). The third-order valence-electron chi connectivity index (χ3n) is 12.2. The number of nitro groups is 1. The smallest absolute Gasteiger partial charge is 0.457 e. The SMILES string of the molecule is C=CC[C@H]1C(=O)C(C)(C)[C@@H](OC(=O)OCc2ccc(OC(=O)CCCN3C(=O)C=CC3=O)c([N+](=O)[O-])c2)CC(=O)O[C@H](c2ccc3sc(C)nc3c2)C[C@H]2O[C@@]2(C)CCC[C@H](C)[C@@H]1O. The number of aromatic nitrogens is 1. The molecular formula is C46H53N3O14S. The van der Waals surface area contributed by atoms with Gasteiger partial charge in [0.05, 0.1) is 49.8 Å². The molecule has 2 aromatic carbocycles. The first-order chi connectivity index (χ1) is 30.3. The zero-order valence-electron chi connectivity index (χ0n) is 36.4. The van der Waals surface area contributed by atoms with Crippen LogP contribution in [0.2, 0.25) is 0 Å². The molecule has 2 saturated heterocycles. The van der Waals surface area contributed by atoms with E-state index in [1.807, 2.05) is 39.0 Å². The molecule has 1 N–H and O–H groups in total. The number of cyclic esters (lactones) is 1. The van der Waals surface area contributed by atoms with Crippen LogP contribution in [0.5, 0.6) is 5.75 Å². The molecule has 3 aliphatic rings. The number of aryl methyl sites for hydroxylation is 1. The fraction of sp³-hybridized carbons (Fsp3) is 0.500. The minimum atomic E-state index is -1.59. The molecule has 0 spiro atoms. The first-order valence-electron chi connectivity index (χ1n) is 21.2. The number of nitro benzene ring substituents is 1. The number of allylic oxidation sites excluding steroid dienone is 1. The molecule has 4 heterocycles. The highest BCUT2D eigenvalue weighted by molar-refractivity contribution is 7.18. The highest BCUT2D eigenvalue weighted by Crippen LogP contribution is 2.47. The second-order valence-electron chi connectivity index (χ2n) is 17.3. The Hall–Kier alpha value is -5.85. The van der Waals surface area contributed by atoms with Gasteiger partial charge in [-0.3, -0.25) is 39.0 Å². The number of epoxide rings is 1. The Bertz CT molecular complexity index is 2340. The molecule has 3 aliphatic heterocycles. The zero-order valence-corrected chi connectivity index (χ0v) is 37.3. The van der Waals surface area contributed by atoms with Crippen LogP contribution >= 0.6 is 11.3 Å². The number of aliphatic hydroxyl groups is 1. The molecule has 0 unspecified atom stereocenters. The summed E-state index contributed by atoms with van der Waals surface area (Å²) in [4.78, 5) is 94.9. The van der Waals surface area contributed by atoms with Gasteiger partial charge in [0.1, 0.15) is 24.6 Å². The summed E-state index contributed by atoms with van der Waals surface area (Å²) in [6.07, 6.45) is 0.582. The second kappa shape index (κ2) is 19.9. The number of thiazole rings is 1. The molecule has 0 saturated carbocycles. The van der Waals surface area contributed by atoms with Crippen molar-refractivity contribution in [3.05, 3.63) is 87.5 Å². The van der Waals surface area contributed by atoms with E-state index in [1.54, 1.807) is 0 Å². The molecule has 64 heavy (non-hydrogen) atoms. The van der Waals surface area contributed by atoms with Gasteiger partial charge in [0, 0.05) is 43.5 Å². The van der Waals surface area contributed by atoms with Crippen molar-refractivity contribution in [3.63, 3.8) is 0 Å². The maximum Gasteiger partial charge on any atom is 0.508 e. The molecule has 17 nitrogen and oxygen atoms in total. The fourth-order valence-electron chi connectivity index (χ4n) is 8.26. The topological polar surface area (TPSA) is 231 Å². The number of Topliss-reactive ketones (excluding diaryl/α,β-unsaturated/α-hetero) is 1. The van der Waals surface area contributed by atoms with Gasteiger partial charge in [0.25, 0.3) is 11.8 Å². The van der Waals surface area contributed by atoms with E-state index in [0.717, 1.165) is 44.4 Å². The van der Waals surface area contributed by atoms with Gasteiger partial charge in [-0.1, -0.05) is 31.6 Å². The third kappa shape index (κ3) is 11.3. The van der Waals surface area contributed by atoms with Crippen LogP contribution < -0.4 is 4.74 Å². The maximum atomic E-state index is 14.5. The number of hydrogen-bond donors (Lipinski definition) is 1. The number of rotatable bonds is 12. The largest absolute Gasteiger partial charge is 0.508 e. The predicted octanol–water partition coefficient (Wildman–Crippen LogP) is 7.34. The Labute approximate surface area is 373 Å². The van der Waals surface area contributed by atoms with Crippen molar-refractivity contribution >= 4 is 62.9 Å². The average Bonchev–Trinajstić information content (AvgIpc) is 3.52. The number of ketones is 1. The van der Waals surface area contributed by atoms with Crippen LogP contribution in [0.3, 0.4) is 0 Å². The number of fused-ring (bicyclic) bond motifs is 2. The van der Waals surface area contributed by atoms with Gasteiger partial charge in [-0.25, -0.2) is 9.78 Å². The van der Waals surface area contributed by atoms with E-state index >= 15 is 0 Å². The Morgan fingerprint density at radius 2 is 1.84 bits per heavy atom. The van der Waals surface area contributed by atoms with E-state index in [1.165, 1.54) is 37.3 Å². The number of carbonyl (C=O) groups excluding carboxylic acids is 6. The third-order valence-corrected chi connectivity index (χ3v) is 13.2. The molecule has 0 bridgehead atoms. The number of aliphatic hydroxyl groups excluding tert-OH is 1. The number of esters is 2. The minimum absolute atomic E-state index is 0.0434. The summed E-state index contributed by atoms with van der Waals surface area (Å²) < 4.78 is 29.7. The molecule has 0 aliphatic carbocycles. The van der Waals surface area contributed by atoms with Gasteiger partial charge >= 0.3 is 23.8 Å². The lowest BCUT2D eigenvalue weighted by Gasteiger charge is -2.37. The number of benzene rings is 2. The van der Waals surface area contributed by atoms with Crippen LogP contribution in [-0.2, 0) is 49.5 Å². The Balaban J connectivity index is 1.19. The van der Waals surface area contributed by atoms with Gasteiger partial charge < -0.3 is 28.8 Å². The fourth-order valence-corrected chi connectivity index (χ4v) is 9.07. The van der Waals surface area contributed by atoms with E-state index < -0.39 is 94.6 Å². The predicted molar refractivity (Wildman–Crippen MR) is 231 cm³/mol. The summed E-state index contributed by atoms with van der Waals surface area (Å²) in [7, 11) is 0. The van der Waals surface area contributed by atoms with Crippen molar-refractivity contribution in [2.24, 2.45) is 17.3 Å². The summed E-state index contributed by atoms with van der Waals surface area (Å²) in [5, 5.41) is 24.5. The van der Waals surface area contributed by atoms with Crippen molar-refractivity contribution in [2.45, 2.75) is 123 Å². The molecule has 0 radical (unpaired) electrons. The van der Waals surface area contributed by atoms with E-state index in [2.05, 4.69) is 11.6 Å². The van der Waals surface area contributed by atoms with Gasteiger partial charge in [-0.2, -0.15) is 0 Å². The summed E-state index contributed by atoms with van der Waals surface area (Å²) in [5.74, 6) is -4.76. The monoisotopic (exact) mass is 903 g/mol. The summed E-state index contributed by atoms with van der Waals surface area (Å²) in [6, 6.07) is 9.20. The molecule has 3 aromatic rings. The van der Waals surface area contributed by atoms with Crippen LogP contribution in [0.25, 0.3) is 10.2 Å². The lowest BCUT2D eigenvalue weighted by Crippen LogP contribution is -2.48. The van der Waals surface area contributed by atoms with Crippen LogP contribution in [0, 0.1) is 34.3 Å². The van der Waals surface area contributed by atoms with Crippen LogP contribution in [0.4, 0.5) is 10.5 Å².